The minimum Gasteiger partial charge on any atom is -0.482 e. The van der Waals surface area contributed by atoms with E-state index in [1.54, 1.807) is 25.4 Å². The highest BCUT2D eigenvalue weighted by Crippen LogP contribution is 2.41. The van der Waals surface area contributed by atoms with Gasteiger partial charge in [-0.25, -0.2) is 9.37 Å². The van der Waals surface area contributed by atoms with Crippen molar-refractivity contribution in [1.82, 2.24) is 19.7 Å². The molecule has 0 spiro atoms. The number of pyridine rings is 1. The number of likely N-dealkylation sites (tertiary alicyclic amines) is 1. The number of nitrogen functional groups attached to an aromatic ring is 1. The van der Waals surface area contributed by atoms with Crippen LogP contribution in [0.3, 0.4) is 0 Å². The Hall–Kier alpha value is -2.12. The number of benzene rings is 1. The van der Waals surface area contributed by atoms with Gasteiger partial charge in [0, 0.05) is 40.7 Å². The summed E-state index contributed by atoms with van der Waals surface area (Å²) in [5.41, 5.74) is 8.02. The van der Waals surface area contributed by atoms with Gasteiger partial charge in [-0.1, -0.05) is 23.2 Å². The molecule has 1 aliphatic heterocycles. The van der Waals surface area contributed by atoms with Crippen LogP contribution in [0.5, 0.6) is 5.75 Å². The topological polar surface area (TPSA) is 86.3 Å². The number of halogens is 3. The average Bonchev–Trinajstić information content (AvgIpc) is 3.27. The largest absolute Gasteiger partial charge is 0.482 e. The number of rotatable bonds is 7. The monoisotopic (exact) mass is 539 g/mol. The Morgan fingerprint density at radius 2 is 2.03 bits per heavy atom. The summed E-state index contributed by atoms with van der Waals surface area (Å²) in [4.78, 5) is 6.53. The fraction of sp³-hybridized carbons (Fsp3) is 0.417. The van der Waals surface area contributed by atoms with Crippen LogP contribution in [0.1, 0.15) is 44.0 Å². The summed E-state index contributed by atoms with van der Waals surface area (Å²) in [5.74, 6) is -0.0545. The van der Waals surface area contributed by atoms with Crippen molar-refractivity contribution in [2.45, 2.75) is 38.5 Å². The second-order valence-electron chi connectivity index (χ2n) is 9.34. The molecular formula is C24H29Cl2FN5O2P. The van der Waals surface area contributed by atoms with Gasteiger partial charge >= 0.3 is 0 Å². The average molecular weight is 540 g/mol. The first-order valence-electron chi connectivity index (χ1n) is 11.4. The van der Waals surface area contributed by atoms with E-state index in [1.807, 2.05) is 24.2 Å². The van der Waals surface area contributed by atoms with Crippen molar-refractivity contribution < 1.29 is 13.7 Å². The molecule has 3 heterocycles. The summed E-state index contributed by atoms with van der Waals surface area (Å²) in [7, 11) is -2.20. The van der Waals surface area contributed by atoms with Gasteiger partial charge in [-0.15, -0.1) is 0 Å². The predicted molar refractivity (Wildman–Crippen MR) is 139 cm³/mol. The first-order chi connectivity index (χ1) is 16.5. The molecule has 0 radical (unpaired) electrons. The van der Waals surface area contributed by atoms with Crippen molar-refractivity contribution in [3.05, 3.63) is 58.2 Å². The van der Waals surface area contributed by atoms with Gasteiger partial charge in [0.15, 0.2) is 11.6 Å². The van der Waals surface area contributed by atoms with Crippen molar-refractivity contribution in [3.63, 3.8) is 0 Å². The van der Waals surface area contributed by atoms with Crippen LogP contribution in [0.15, 0.2) is 36.8 Å². The highest BCUT2D eigenvalue weighted by atomic mass is 35.5. The number of nitrogens with zero attached hydrogens (tertiary/aromatic N) is 4. The van der Waals surface area contributed by atoms with Crippen LogP contribution in [0, 0.1) is 5.82 Å². The predicted octanol–water partition coefficient (Wildman–Crippen LogP) is 6.68. The number of anilines is 1. The normalized spacial score (nSPS) is 17.9. The van der Waals surface area contributed by atoms with Crippen molar-refractivity contribution in [3.8, 4) is 16.9 Å². The maximum absolute atomic E-state index is 14.0. The van der Waals surface area contributed by atoms with Gasteiger partial charge in [-0.3, -0.25) is 9.58 Å². The molecule has 2 atom stereocenters. The molecule has 35 heavy (non-hydrogen) atoms. The highest BCUT2D eigenvalue weighted by Gasteiger charge is 2.28. The van der Waals surface area contributed by atoms with E-state index in [2.05, 4.69) is 15.0 Å². The third-order valence-electron chi connectivity index (χ3n) is 6.01. The molecule has 7 nitrogen and oxygen atoms in total. The molecule has 11 heteroatoms. The highest BCUT2D eigenvalue weighted by molar-refractivity contribution is 7.62. The third-order valence-corrected chi connectivity index (χ3v) is 7.77. The number of aromatic nitrogens is 3. The van der Waals surface area contributed by atoms with Crippen molar-refractivity contribution in [2.75, 3.05) is 31.9 Å². The van der Waals surface area contributed by atoms with Gasteiger partial charge in [-0.2, -0.15) is 5.10 Å². The van der Waals surface area contributed by atoms with Gasteiger partial charge in [0.05, 0.1) is 24.6 Å². The molecule has 1 aromatic carbocycles. The smallest absolute Gasteiger partial charge is 0.166 e. The summed E-state index contributed by atoms with van der Waals surface area (Å²) >= 11 is 12.4. The zero-order chi connectivity index (χ0) is 25.3. The molecule has 2 aromatic heterocycles. The van der Waals surface area contributed by atoms with Crippen molar-refractivity contribution in [1.29, 1.82) is 0 Å². The molecule has 3 aromatic rings. The fourth-order valence-corrected chi connectivity index (χ4v) is 6.28. The lowest BCUT2D eigenvalue weighted by atomic mass is 10.1. The second kappa shape index (κ2) is 10.5. The molecule has 0 amide bonds. The van der Waals surface area contributed by atoms with Gasteiger partial charge in [0.2, 0.25) is 0 Å². The molecule has 2 N–H and O–H groups in total. The summed E-state index contributed by atoms with van der Waals surface area (Å²) in [6.45, 7) is 6.25. The van der Waals surface area contributed by atoms with E-state index in [4.69, 9.17) is 33.7 Å². The van der Waals surface area contributed by atoms with E-state index in [9.17, 15) is 8.96 Å². The molecule has 0 bridgehead atoms. The minimum absolute atomic E-state index is 0.0560. The first kappa shape index (κ1) is 26.0. The van der Waals surface area contributed by atoms with Crippen LogP contribution in [0.25, 0.3) is 11.1 Å². The van der Waals surface area contributed by atoms with E-state index in [0.717, 1.165) is 36.9 Å². The van der Waals surface area contributed by atoms with Crippen molar-refractivity contribution in [2.24, 2.45) is 0 Å². The van der Waals surface area contributed by atoms with E-state index < -0.39 is 19.1 Å². The lowest BCUT2D eigenvalue weighted by Gasteiger charge is -2.36. The Morgan fingerprint density at radius 1 is 1.26 bits per heavy atom. The van der Waals surface area contributed by atoms with E-state index >= 15 is 0 Å². The van der Waals surface area contributed by atoms with Crippen LogP contribution in [-0.2, 0) is 4.57 Å². The zero-order valence-electron chi connectivity index (χ0n) is 19.9. The number of ether oxygens (including phenoxy) is 1. The first-order valence-corrected chi connectivity index (χ1v) is 15.0. The van der Waals surface area contributed by atoms with E-state index in [1.165, 1.54) is 12.1 Å². The fourth-order valence-electron chi connectivity index (χ4n) is 4.40. The second-order valence-corrected chi connectivity index (χ2v) is 13.6. The van der Waals surface area contributed by atoms with Crippen LogP contribution < -0.4 is 10.5 Å². The standard InChI is InChI=1S/C24H29Cl2FN5O2P/c1-15(22-18(25)7-8-19(27)23(22)26)34-20-10-16(11-29-24(20)28)17-12-30-32(13-17)21-6-4-5-9-31(21)14-35(2,3)33/h7-8,10-13,15,21H,4-6,9,14H2,1-3H3,(H2,28,29). The summed E-state index contributed by atoms with van der Waals surface area (Å²) in [6, 6.07) is 4.42. The van der Waals surface area contributed by atoms with Crippen LogP contribution >= 0.6 is 30.3 Å². The molecule has 188 valence electrons. The van der Waals surface area contributed by atoms with Crippen molar-refractivity contribution >= 4 is 36.2 Å². The Morgan fingerprint density at radius 3 is 2.77 bits per heavy atom. The minimum atomic E-state index is -2.20. The Labute approximate surface area is 214 Å². The number of piperidine rings is 1. The quantitative estimate of drug-likeness (QED) is 0.266. The number of hydrogen-bond donors (Lipinski definition) is 1. The lowest BCUT2D eigenvalue weighted by molar-refractivity contribution is 0.105. The third kappa shape index (κ3) is 6.00. The van der Waals surface area contributed by atoms with Crippen LogP contribution in [-0.4, -0.2) is 45.8 Å². The van der Waals surface area contributed by atoms with Gasteiger partial charge in [-0.05, 0) is 57.7 Å². The molecule has 0 saturated carbocycles. The van der Waals surface area contributed by atoms with Gasteiger partial charge in [0.1, 0.15) is 18.1 Å². The lowest BCUT2D eigenvalue weighted by Crippen LogP contribution is -2.37. The van der Waals surface area contributed by atoms with Crippen LogP contribution in [0.2, 0.25) is 10.0 Å². The Balaban J connectivity index is 1.58. The SMILES string of the molecule is CC(Oc1cc(-c2cnn(C3CCCCN3CP(C)(C)=O)c2)cnc1N)c1c(Cl)ccc(F)c1Cl. The summed E-state index contributed by atoms with van der Waals surface area (Å²) in [5, 5.41) is 4.81. The number of hydrogen-bond acceptors (Lipinski definition) is 6. The molecule has 2 unspecified atom stereocenters. The van der Waals surface area contributed by atoms with E-state index in [0.29, 0.717) is 22.6 Å². The molecule has 0 aliphatic carbocycles. The molecule has 1 saturated heterocycles. The maximum atomic E-state index is 14.0. The van der Waals surface area contributed by atoms with Gasteiger partial charge in [0.25, 0.3) is 0 Å². The van der Waals surface area contributed by atoms with E-state index in [-0.39, 0.29) is 17.0 Å². The zero-order valence-corrected chi connectivity index (χ0v) is 22.3. The summed E-state index contributed by atoms with van der Waals surface area (Å²) in [6.07, 6.45) is 8.47. The number of nitrogens with two attached hydrogens (primary N) is 1. The molecular weight excluding hydrogens is 511 g/mol. The Bertz CT molecular complexity index is 1260. The molecule has 1 aliphatic rings. The molecule has 1 fully saturated rings. The molecule has 4 rings (SSSR count). The van der Waals surface area contributed by atoms with Gasteiger partial charge < -0.3 is 15.0 Å². The Kier molecular flexibility index (Phi) is 7.77. The van der Waals surface area contributed by atoms with Crippen LogP contribution in [0.4, 0.5) is 10.2 Å². The maximum Gasteiger partial charge on any atom is 0.166 e. The summed E-state index contributed by atoms with van der Waals surface area (Å²) < 4.78 is 34.4.